The van der Waals surface area contributed by atoms with Crippen LogP contribution in [0.3, 0.4) is 0 Å². The van der Waals surface area contributed by atoms with Gasteiger partial charge in [0.05, 0.1) is 0 Å². The number of nitrogens with one attached hydrogen (secondary N) is 1. The largest absolute Gasteiger partial charge is 0.396 e. The van der Waals surface area contributed by atoms with Crippen molar-refractivity contribution in [1.29, 1.82) is 0 Å². The van der Waals surface area contributed by atoms with Gasteiger partial charge < -0.3 is 10.4 Å². The van der Waals surface area contributed by atoms with Crippen molar-refractivity contribution >= 4 is 0 Å². The van der Waals surface area contributed by atoms with Crippen LogP contribution in [0.25, 0.3) is 0 Å². The van der Waals surface area contributed by atoms with Crippen molar-refractivity contribution in [2.45, 2.75) is 38.6 Å². The Balaban J connectivity index is 2.12. The van der Waals surface area contributed by atoms with Crippen molar-refractivity contribution in [3.63, 3.8) is 0 Å². The van der Waals surface area contributed by atoms with E-state index in [1.165, 1.54) is 12.8 Å². The molecule has 1 heterocycles. The molecule has 1 saturated heterocycles. The van der Waals surface area contributed by atoms with Gasteiger partial charge in [-0.05, 0) is 38.1 Å². The Hall–Kier alpha value is -0.0800. The van der Waals surface area contributed by atoms with Gasteiger partial charge in [-0.25, -0.2) is 0 Å². The van der Waals surface area contributed by atoms with E-state index in [1.807, 2.05) is 0 Å². The van der Waals surface area contributed by atoms with Crippen LogP contribution in [0.4, 0.5) is 0 Å². The van der Waals surface area contributed by atoms with Crippen LogP contribution in [-0.2, 0) is 0 Å². The first kappa shape index (κ1) is 9.01. The maximum atomic E-state index is 8.64. The molecule has 11 heavy (non-hydrogen) atoms. The zero-order chi connectivity index (χ0) is 8.10. The fourth-order valence-electron chi connectivity index (χ4n) is 1.78. The van der Waals surface area contributed by atoms with Crippen molar-refractivity contribution in [3.05, 3.63) is 0 Å². The molecule has 1 rings (SSSR count). The van der Waals surface area contributed by atoms with Crippen LogP contribution in [0.15, 0.2) is 0 Å². The maximum absolute atomic E-state index is 8.64. The molecule has 0 spiro atoms. The summed E-state index contributed by atoms with van der Waals surface area (Å²) in [5, 5.41) is 12.1. The Morgan fingerprint density at radius 3 is 3.00 bits per heavy atom. The van der Waals surface area contributed by atoms with E-state index in [1.54, 1.807) is 0 Å². The predicted octanol–water partition coefficient (Wildman–Crippen LogP) is 1.15. The summed E-state index contributed by atoms with van der Waals surface area (Å²) in [4.78, 5) is 0. The van der Waals surface area contributed by atoms with Gasteiger partial charge in [-0.1, -0.05) is 6.92 Å². The second kappa shape index (κ2) is 4.73. The first-order valence-electron chi connectivity index (χ1n) is 4.67. The SMILES string of the molecule is C[C@H]1CCN[C@@H](CCCO)C1. The Bertz CT molecular complexity index is 106. The molecule has 0 radical (unpaired) electrons. The molecule has 0 aliphatic carbocycles. The molecule has 1 aliphatic rings. The lowest BCUT2D eigenvalue weighted by Crippen LogP contribution is -2.37. The minimum absolute atomic E-state index is 0.340. The van der Waals surface area contributed by atoms with Crippen molar-refractivity contribution in [3.8, 4) is 0 Å². The molecule has 0 unspecified atom stereocenters. The monoisotopic (exact) mass is 157 g/mol. The number of aliphatic hydroxyl groups excluding tert-OH is 1. The van der Waals surface area contributed by atoms with Crippen molar-refractivity contribution in [2.24, 2.45) is 5.92 Å². The van der Waals surface area contributed by atoms with Crippen LogP contribution in [0.2, 0.25) is 0 Å². The van der Waals surface area contributed by atoms with E-state index < -0.39 is 0 Å². The first-order chi connectivity index (χ1) is 5.33. The summed E-state index contributed by atoms with van der Waals surface area (Å²) in [6.45, 7) is 3.82. The lowest BCUT2D eigenvalue weighted by molar-refractivity contribution is 0.252. The highest BCUT2D eigenvalue weighted by atomic mass is 16.2. The second-order valence-electron chi connectivity index (χ2n) is 3.65. The third kappa shape index (κ3) is 3.21. The molecule has 2 nitrogen and oxygen atoms in total. The summed E-state index contributed by atoms with van der Waals surface area (Å²) < 4.78 is 0. The molecule has 0 aromatic heterocycles. The van der Waals surface area contributed by atoms with Gasteiger partial charge >= 0.3 is 0 Å². The molecule has 2 heteroatoms. The van der Waals surface area contributed by atoms with Gasteiger partial charge in [-0.15, -0.1) is 0 Å². The van der Waals surface area contributed by atoms with E-state index in [0.29, 0.717) is 12.6 Å². The number of rotatable bonds is 3. The van der Waals surface area contributed by atoms with E-state index in [-0.39, 0.29) is 0 Å². The molecule has 0 amide bonds. The van der Waals surface area contributed by atoms with E-state index >= 15 is 0 Å². The van der Waals surface area contributed by atoms with E-state index in [4.69, 9.17) is 5.11 Å². The lowest BCUT2D eigenvalue weighted by atomic mass is 9.92. The van der Waals surface area contributed by atoms with Gasteiger partial charge in [0.1, 0.15) is 0 Å². The second-order valence-corrected chi connectivity index (χ2v) is 3.65. The maximum Gasteiger partial charge on any atom is 0.0431 e. The first-order valence-corrected chi connectivity index (χ1v) is 4.67. The Morgan fingerprint density at radius 2 is 2.36 bits per heavy atom. The molecule has 2 N–H and O–H groups in total. The minimum atomic E-state index is 0.340. The molecule has 0 saturated carbocycles. The van der Waals surface area contributed by atoms with Gasteiger partial charge in [0.25, 0.3) is 0 Å². The highest BCUT2D eigenvalue weighted by Crippen LogP contribution is 2.17. The minimum Gasteiger partial charge on any atom is -0.396 e. The number of piperidine rings is 1. The highest BCUT2D eigenvalue weighted by molar-refractivity contribution is 4.75. The van der Waals surface area contributed by atoms with Crippen molar-refractivity contribution in [2.75, 3.05) is 13.2 Å². The lowest BCUT2D eigenvalue weighted by Gasteiger charge is -2.27. The third-order valence-corrected chi connectivity index (χ3v) is 2.47. The molecule has 2 atom stereocenters. The smallest absolute Gasteiger partial charge is 0.0431 e. The van der Waals surface area contributed by atoms with Gasteiger partial charge in [0, 0.05) is 12.6 Å². The third-order valence-electron chi connectivity index (χ3n) is 2.47. The summed E-state index contributed by atoms with van der Waals surface area (Å²) in [7, 11) is 0. The molecule has 66 valence electrons. The molecule has 0 aromatic rings. The normalized spacial score (nSPS) is 32.2. The number of aliphatic hydroxyl groups is 1. The van der Waals surface area contributed by atoms with Crippen LogP contribution < -0.4 is 5.32 Å². The van der Waals surface area contributed by atoms with Gasteiger partial charge in [-0.2, -0.15) is 0 Å². The molecule has 1 fully saturated rings. The summed E-state index contributed by atoms with van der Waals surface area (Å²) in [5.74, 6) is 0.875. The quantitative estimate of drug-likeness (QED) is 0.644. The van der Waals surface area contributed by atoms with Gasteiger partial charge in [0.2, 0.25) is 0 Å². The predicted molar refractivity (Wildman–Crippen MR) is 46.5 cm³/mol. The molecule has 1 aliphatic heterocycles. The van der Waals surface area contributed by atoms with Gasteiger partial charge in [-0.3, -0.25) is 0 Å². The van der Waals surface area contributed by atoms with Crippen molar-refractivity contribution in [1.82, 2.24) is 5.32 Å². The number of hydrogen-bond donors (Lipinski definition) is 2. The summed E-state index contributed by atoms with van der Waals surface area (Å²) in [6, 6.07) is 0.672. The van der Waals surface area contributed by atoms with Crippen LogP contribution >= 0.6 is 0 Å². The van der Waals surface area contributed by atoms with Crippen LogP contribution in [0.5, 0.6) is 0 Å². The summed E-state index contributed by atoms with van der Waals surface area (Å²) in [5.41, 5.74) is 0. The zero-order valence-corrected chi connectivity index (χ0v) is 7.34. The standard InChI is InChI=1S/C9H19NO/c1-8-4-5-10-9(7-8)3-2-6-11/h8-11H,2-7H2,1H3/t8-,9-/m0/s1. The average molecular weight is 157 g/mol. The van der Waals surface area contributed by atoms with E-state index in [2.05, 4.69) is 12.2 Å². The Labute approximate surface area is 69.0 Å². The van der Waals surface area contributed by atoms with Gasteiger partial charge in [0.15, 0.2) is 0 Å². The average Bonchev–Trinajstić information content (AvgIpc) is 2.01. The molecular weight excluding hydrogens is 138 g/mol. The Kier molecular flexibility index (Phi) is 3.87. The Morgan fingerprint density at radius 1 is 1.55 bits per heavy atom. The van der Waals surface area contributed by atoms with Crippen LogP contribution in [0, 0.1) is 5.92 Å². The molecular formula is C9H19NO. The zero-order valence-electron chi connectivity index (χ0n) is 7.34. The molecule has 0 aromatic carbocycles. The topological polar surface area (TPSA) is 32.3 Å². The summed E-state index contributed by atoms with van der Waals surface area (Å²) >= 11 is 0. The van der Waals surface area contributed by atoms with E-state index in [9.17, 15) is 0 Å². The molecule has 0 bridgehead atoms. The van der Waals surface area contributed by atoms with Crippen LogP contribution in [0.1, 0.15) is 32.6 Å². The van der Waals surface area contributed by atoms with Crippen LogP contribution in [-0.4, -0.2) is 24.3 Å². The fraction of sp³-hybridized carbons (Fsp3) is 1.00. The number of hydrogen-bond acceptors (Lipinski definition) is 2. The van der Waals surface area contributed by atoms with E-state index in [0.717, 1.165) is 25.3 Å². The fourth-order valence-corrected chi connectivity index (χ4v) is 1.78. The highest BCUT2D eigenvalue weighted by Gasteiger charge is 2.16. The summed E-state index contributed by atoms with van der Waals surface area (Å²) in [6.07, 6.45) is 4.70. The van der Waals surface area contributed by atoms with Crippen molar-refractivity contribution < 1.29 is 5.11 Å².